The van der Waals surface area contributed by atoms with Gasteiger partial charge in [-0.3, -0.25) is 0 Å². The van der Waals surface area contributed by atoms with E-state index in [0.29, 0.717) is 0 Å². The van der Waals surface area contributed by atoms with Gasteiger partial charge in [0.15, 0.2) is 0 Å². The van der Waals surface area contributed by atoms with Gasteiger partial charge in [0.05, 0.1) is 0 Å². The summed E-state index contributed by atoms with van der Waals surface area (Å²) in [7, 11) is 0. The van der Waals surface area contributed by atoms with E-state index in [1.165, 1.54) is 6.42 Å². The van der Waals surface area contributed by atoms with Crippen LogP contribution in [0.25, 0.3) is 0 Å². The first-order valence-corrected chi connectivity index (χ1v) is 6.00. The molecule has 0 heterocycles. The lowest BCUT2D eigenvalue weighted by Gasteiger charge is -2.47. The Bertz CT molecular complexity index is 145. The average molecular weight is 182 g/mol. The molecular formula is C13H26. The van der Waals surface area contributed by atoms with Crippen molar-refractivity contribution in [2.24, 2.45) is 35.5 Å². The first kappa shape index (κ1) is 11.1. The average Bonchev–Trinajstić information content (AvgIpc) is 2.13. The zero-order chi connectivity index (χ0) is 10.2. The van der Waals surface area contributed by atoms with Crippen molar-refractivity contribution in [2.75, 3.05) is 0 Å². The van der Waals surface area contributed by atoms with E-state index in [0.717, 1.165) is 35.5 Å². The molecule has 1 aliphatic carbocycles. The summed E-state index contributed by atoms with van der Waals surface area (Å²) >= 11 is 0. The Labute approximate surface area is 84.1 Å². The van der Waals surface area contributed by atoms with Crippen LogP contribution in [0.5, 0.6) is 0 Å². The van der Waals surface area contributed by atoms with Crippen LogP contribution in [-0.2, 0) is 0 Å². The van der Waals surface area contributed by atoms with Crippen LogP contribution in [0.3, 0.4) is 0 Å². The second-order valence-electron chi connectivity index (χ2n) is 5.37. The van der Waals surface area contributed by atoms with E-state index in [-0.39, 0.29) is 0 Å². The van der Waals surface area contributed by atoms with Crippen LogP contribution in [0, 0.1) is 35.5 Å². The summed E-state index contributed by atoms with van der Waals surface area (Å²) in [6.45, 7) is 14.6. The van der Waals surface area contributed by atoms with Crippen LogP contribution in [0.15, 0.2) is 0 Å². The summed E-state index contributed by atoms with van der Waals surface area (Å²) in [4.78, 5) is 0. The molecule has 13 heavy (non-hydrogen) atoms. The normalized spacial score (nSPS) is 52.2. The zero-order valence-corrected chi connectivity index (χ0v) is 10.2. The SMILES string of the molecule is CCC1C(C)[C@H](C)C(C)C(C)[C@H]1C. The third-order valence-corrected chi connectivity index (χ3v) is 5.14. The number of hydrogen-bond acceptors (Lipinski definition) is 0. The van der Waals surface area contributed by atoms with E-state index >= 15 is 0 Å². The lowest BCUT2D eigenvalue weighted by Crippen LogP contribution is -2.40. The summed E-state index contributed by atoms with van der Waals surface area (Å²) in [6.07, 6.45) is 1.36. The van der Waals surface area contributed by atoms with Crippen molar-refractivity contribution in [3.63, 3.8) is 0 Å². The lowest BCUT2D eigenvalue weighted by molar-refractivity contribution is 0.0187. The molecule has 1 saturated carbocycles. The molecule has 78 valence electrons. The van der Waals surface area contributed by atoms with Gasteiger partial charge in [-0.15, -0.1) is 0 Å². The van der Waals surface area contributed by atoms with Gasteiger partial charge in [0, 0.05) is 0 Å². The van der Waals surface area contributed by atoms with Crippen molar-refractivity contribution in [1.82, 2.24) is 0 Å². The van der Waals surface area contributed by atoms with Crippen LogP contribution in [-0.4, -0.2) is 0 Å². The van der Waals surface area contributed by atoms with Crippen LogP contribution in [0.1, 0.15) is 48.0 Å². The van der Waals surface area contributed by atoms with E-state index in [2.05, 4.69) is 41.5 Å². The number of hydrogen-bond donors (Lipinski definition) is 0. The van der Waals surface area contributed by atoms with E-state index in [1.54, 1.807) is 0 Å². The Morgan fingerprint density at radius 1 is 0.615 bits per heavy atom. The smallest absolute Gasteiger partial charge is 0.0360 e. The maximum Gasteiger partial charge on any atom is -0.0360 e. The van der Waals surface area contributed by atoms with Crippen LogP contribution >= 0.6 is 0 Å². The lowest BCUT2D eigenvalue weighted by atomic mass is 9.59. The van der Waals surface area contributed by atoms with Gasteiger partial charge in [-0.2, -0.15) is 0 Å². The number of rotatable bonds is 1. The summed E-state index contributed by atoms with van der Waals surface area (Å²) in [5.41, 5.74) is 0. The predicted octanol–water partition coefficient (Wildman–Crippen LogP) is 4.21. The van der Waals surface area contributed by atoms with E-state index in [1.807, 2.05) is 0 Å². The molecule has 6 atom stereocenters. The Hall–Kier alpha value is 0. The first-order valence-electron chi connectivity index (χ1n) is 6.00. The molecule has 0 saturated heterocycles. The molecule has 4 unspecified atom stereocenters. The second kappa shape index (κ2) is 4.02. The highest BCUT2D eigenvalue weighted by Crippen LogP contribution is 2.46. The Kier molecular flexibility index (Phi) is 3.43. The summed E-state index contributed by atoms with van der Waals surface area (Å²) in [6, 6.07) is 0. The molecule has 1 fully saturated rings. The maximum atomic E-state index is 2.46. The molecule has 0 nitrogen and oxygen atoms in total. The minimum atomic E-state index is 0.910. The molecule has 0 aliphatic heterocycles. The van der Waals surface area contributed by atoms with Gasteiger partial charge in [-0.05, 0) is 35.5 Å². The molecular weight excluding hydrogens is 156 g/mol. The quantitative estimate of drug-likeness (QED) is 0.570. The van der Waals surface area contributed by atoms with E-state index in [4.69, 9.17) is 0 Å². The van der Waals surface area contributed by atoms with Crippen molar-refractivity contribution >= 4 is 0 Å². The van der Waals surface area contributed by atoms with Gasteiger partial charge < -0.3 is 0 Å². The standard InChI is InChI=1S/C13H26/c1-7-13-11(5)9(3)8(2)10(4)12(13)6/h8-13H,7H2,1-6H3/t8?,9-,10?,11?,12-,13?/m1/s1. The molecule has 0 bridgehead atoms. The topological polar surface area (TPSA) is 0 Å². The molecule has 0 heteroatoms. The highest BCUT2D eigenvalue weighted by Gasteiger charge is 2.39. The van der Waals surface area contributed by atoms with Gasteiger partial charge in [-0.25, -0.2) is 0 Å². The third kappa shape index (κ3) is 1.78. The second-order valence-corrected chi connectivity index (χ2v) is 5.37. The highest BCUT2D eigenvalue weighted by atomic mass is 14.4. The van der Waals surface area contributed by atoms with Crippen LogP contribution in [0.4, 0.5) is 0 Å². The maximum absolute atomic E-state index is 2.46. The first-order chi connectivity index (χ1) is 6.00. The van der Waals surface area contributed by atoms with Gasteiger partial charge >= 0.3 is 0 Å². The Morgan fingerprint density at radius 2 is 0.923 bits per heavy atom. The fourth-order valence-corrected chi connectivity index (χ4v) is 3.44. The Balaban J connectivity index is 2.79. The molecule has 0 amide bonds. The van der Waals surface area contributed by atoms with Crippen molar-refractivity contribution in [3.8, 4) is 0 Å². The summed E-state index contributed by atoms with van der Waals surface area (Å²) in [5, 5.41) is 0. The summed E-state index contributed by atoms with van der Waals surface area (Å²) < 4.78 is 0. The zero-order valence-electron chi connectivity index (χ0n) is 10.2. The fourth-order valence-electron chi connectivity index (χ4n) is 3.44. The molecule has 1 aliphatic rings. The van der Waals surface area contributed by atoms with E-state index < -0.39 is 0 Å². The highest BCUT2D eigenvalue weighted by molar-refractivity contribution is 4.88. The molecule has 0 N–H and O–H groups in total. The van der Waals surface area contributed by atoms with Crippen molar-refractivity contribution in [2.45, 2.75) is 48.0 Å². The molecule has 0 aromatic carbocycles. The van der Waals surface area contributed by atoms with Gasteiger partial charge in [-0.1, -0.05) is 48.0 Å². The third-order valence-electron chi connectivity index (χ3n) is 5.14. The monoisotopic (exact) mass is 182 g/mol. The van der Waals surface area contributed by atoms with Gasteiger partial charge in [0.25, 0.3) is 0 Å². The fraction of sp³-hybridized carbons (Fsp3) is 1.00. The van der Waals surface area contributed by atoms with Crippen molar-refractivity contribution < 1.29 is 0 Å². The van der Waals surface area contributed by atoms with Crippen LogP contribution in [0.2, 0.25) is 0 Å². The van der Waals surface area contributed by atoms with Crippen molar-refractivity contribution in [1.29, 1.82) is 0 Å². The van der Waals surface area contributed by atoms with Crippen molar-refractivity contribution in [3.05, 3.63) is 0 Å². The molecule has 0 spiro atoms. The predicted molar refractivity (Wildman–Crippen MR) is 59.6 cm³/mol. The van der Waals surface area contributed by atoms with Gasteiger partial charge in [0.2, 0.25) is 0 Å². The molecule has 1 rings (SSSR count). The van der Waals surface area contributed by atoms with Crippen LogP contribution < -0.4 is 0 Å². The minimum absolute atomic E-state index is 0.910. The molecule has 0 aromatic heterocycles. The van der Waals surface area contributed by atoms with Gasteiger partial charge in [0.1, 0.15) is 0 Å². The largest absolute Gasteiger partial charge is 0.0651 e. The molecule has 0 radical (unpaired) electrons. The summed E-state index contributed by atoms with van der Waals surface area (Å²) in [5.74, 6) is 5.54. The Morgan fingerprint density at radius 3 is 1.23 bits per heavy atom. The molecule has 0 aromatic rings. The van der Waals surface area contributed by atoms with E-state index in [9.17, 15) is 0 Å². The minimum Gasteiger partial charge on any atom is -0.0651 e.